The van der Waals surface area contributed by atoms with Crippen LogP contribution in [0.1, 0.15) is 42.0 Å². The van der Waals surface area contributed by atoms with Gasteiger partial charge in [0.1, 0.15) is 12.7 Å². The van der Waals surface area contributed by atoms with Gasteiger partial charge >= 0.3 is 0 Å². The summed E-state index contributed by atoms with van der Waals surface area (Å²) >= 11 is 0. The number of nitrogens with one attached hydrogen (secondary N) is 1. The van der Waals surface area contributed by atoms with Crippen LogP contribution in [0.15, 0.2) is 97.6 Å². The Morgan fingerprint density at radius 3 is 2.00 bits per heavy atom. The highest BCUT2D eigenvalue weighted by Crippen LogP contribution is 2.28. The molecule has 4 rings (SSSR count). The lowest BCUT2D eigenvalue weighted by Gasteiger charge is -2.20. The smallest absolute Gasteiger partial charge is 0.221 e. The largest absolute Gasteiger partial charge is 0.350 e. The van der Waals surface area contributed by atoms with Crippen LogP contribution in [-0.4, -0.2) is 20.7 Å². The van der Waals surface area contributed by atoms with E-state index in [-0.39, 0.29) is 17.9 Å². The van der Waals surface area contributed by atoms with Gasteiger partial charge in [0.15, 0.2) is 0 Å². The fraction of sp³-hybridized carbons (Fsp3) is 0.160. The Hall–Kier alpha value is -3.73. The van der Waals surface area contributed by atoms with Gasteiger partial charge < -0.3 is 5.32 Å². The molecule has 0 aliphatic heterocycles. The average Bonchev–Trinajstić information content (AvgIpc) is 3.34. The summed E-state index contributed by atoms with van der Waals surface area (Å²) in [6.07, 6.45) is 3.57. The maximum atomic E-state index is 12.9. The summed E-state index contributed by atoms with van der Waals surface area (Å²) in [6.45, 7) is 2.00. The van der Waals surface area contributed by atoms with E-state index < -0.39 is 0 Å². The van der Waals surface area contributed by atoms with Gasteiger partial charge in [-0.3, -0.25) is 4.79 Å². The molecule has 1 aromatic heterocycles. The maximum absolute atomic E-state index is 12.9. The minimum absolute atomic E-state index is 0.0225. The second-order valence-corrected chi connectivity index (χ2v) is 7.30. The first-order valence-corrected chi connectivity index (χ1v) is 10.0. The molecular formula is C25H24N4O. The quantitative estimate of drug-likeness (QED) is 0.494. The highest BCUT2D eigenvalue weighted by atomic mass is 16.1. The molecule has 1 amide bonds. The Bertz CT molecular complexity index is 1020. The molecule has 5 heteroatoms. The molecule has 4 aromatic rings. The first kappa shape index (κ1) is 19.6. The lowest BCUT2D eigenvalue weighted by Crippen LogP contribution is -2.28. The van der Waals surface area contributed by atoms with E-state index in [0.29, 0.717) is 6.42 Å². The summed E-state index contributed by atoms with van der Waals surface area (Å²) in [4.78, 5) is 16.9. The summed E-state index contributed by atoms with van der Waals surface area (Å²) < 4.78 is 1.71. The Labute approximate surface area is 176 Å². The van der Waals surface area contributed by atoms with Crippen LogP contribution >= 0.6 is 0 Å². The monoisotopic (exact) mass is 396 g/mol. The second kappa shape index (κ2) is 9.18. The molecule has 0 fully saturated rings. The number of rotatable bonds is 7. The van der Waals surface area contributed by atoms with Gasteiger partial charge in [0.05, 0.1) is 11.7 Å². The van der Waals surface area contributed by atoms with E-state index in [4.69, 9.17) is 0 Å². The van der Waals surface area contributed by atoms with Gasteiger partial charge in [-0.25, -0.2) is 9.67 Å². The summed E-state index contributed by atoms with van der Waals surface area (Å²) in [5, 5.41) is 7.28. The lowest BCUT2D eigenvalue weighted by atomic mass is 9.88. The van der Waals surface area contributed by atoms with Crippen molar-refractivity contribution in [3.63, 3.8) is 0 Å². The van der Waals surface area contributed by atoms with Crippen LogP contribution in [0.2, 0.25) is 0 Å². The van der Waals surface area contributed by atoms with Crippen molar-refractivity contribution in [1.82, 2.24) is 20.1 Å². The number of aromatic nitrogens is 3. The van der Waals surface area contributed by atoms with E-state index in [1.807, 2.05) is 67.6 Å². The summed E-state index contributed by atoms with van der Waals surface area (Å²) in [5.74, 6) is 0.0508. The molecule has 0 aliphatic carbocycles. The van der Waals surface area contributed by atoms with Crippen molar-refractivity contribution in [3.8, 4) is 5.69 Å². The molecular weight excluding hydrogens is 372 g/mol. The van der Waals surface area contributed by atoms with Crippen molar-refractivity contribution in [2.75, 3.05) is 0 Å². The highest BCUT2D eigenvalue weighted by Gasteiger charge is 2.19. The zero-order valence-corrected chi connectivity index (χ0v) is 16.8. The third-order valence-corrected chi connectivity index (χ3v) is 5.25. The first-order chi connectivity index (χ1) is 14.7. The zero-order chi connectivity index (χ0) is 20.8. The topological polar surface area (TPSA) is 59.8 Å². The van der Waals surface area contributed by atoms with E-state index in [0.717, 1.165) is 22.4 Å². The van der Waals surface area contributed by atoms with Crippen molar-refractivity contribution in [3.05, 3.63) is 114 Å². The number of amides is 1. The van der Waals surface area contributed by atoms with Crippen molar-refractivity contribution >= 4 is 5.91 Å². The summed E-state index contributed by atoms with van der Waals surface area (Å²) in [5.41, 5.74) is 4.26. The van der Waals surface area contributed by atoms with Crippen LogP contribution in [-0.2, 0) is 4.79 Å². The van der Waals surface area contributed by atoms with Crippen molar-refractivity contribution in [2.24, 2.45) is 0 Å². The SMILES string of the molecule is C[C@H](NC(=O)CC(c1ccccc1)c1ccccc1)c1ccc(-n2cncn2)cc1. The Kier molecular flexibility index (Phi) is 5.99. The average molecular weight is 396 g/mol. The molecule has 0 bridgehead atoms. The summed E-state index contributed by atoms with van der Waals surface area (Å²) in [7, 11) is 0. The molecule has 5 nitrogen and oxygen atoms in total. The number of nitrogens with zero attached hydrogens (tertiary/aromatic N) is 3. The molecule has 0 saturated carbocycles. The standard InChI is InChI=1S/C25H24N4O/c1-19(20-12-14-23(15-13-20)29-18-26-17-27-29)28-25(30)16-24(21-8-4-2-5-9-21)22-10-6-3-7-11-22/h2-15,17-19,24H,16H2,1H3,(H,28,30)/t19-/m0/s1. The Morgan fingerprint density at radius 1 is 0.867 bits per heavy atom. The normalized spacial score (nSPS) is 11.9. The van der Waals surface area contributed by atoms with Gasteiger partial charge in [-0.15, -0.1) is 0 Å². The third-order valence-electron chi connectivity index (χ3n) is 5.25. The molecule has 1 heterocycles. The van der Waals surface area contributed by atoms with Gasteiger partial charge in [0.2, 0.25) is 5.91 Å². The zero-order valence-electron chi connectivity index (χ0n) is 16.8. The number of carbonyl (C=O) groups excluding carboxylic acids is 1. The fourth-order valence-electron chi connectivity index (χ4n) is 3.63. The van der Waals surface area contributed by atoms with Gasteiger partial charge in [0, 0.05) is 12.3 Å². The van der Waals surface area contributed by atoms with E-state index in [9.17, 15) is 4.79 Å². The van der Waals surface area contributed by atoms with Crippen molar-refractivity contribution < 1.29 is 4.79 Å². The maximum Gasteiger partial charge on any atom is 0.221 e. The van der Waals surface area contributed by atoms with Gasteiger partial charge in [-0.2, -0.15) is 5.10 Å². The van der Waals surface area contributed by atoms with Gasteiger partial charge in [0.25, 0.3) is 0 Å². The van der Waals surface area contributed by atoms with Crippen LogP contribution in [0.5, 0.6) is 0 Å². The molecule has 0 radical (unpaired) electrons. The number of carbonyl (C=O) groups is 1. The van der Waals surface area contributed by atoms with Crippen LogP contribution in [0.4, 0.5) is 0 Å². The van der Waals surface area contributed by atoms with Gasteiger partial charge in [-0.05, 0) is 35.7 Å². The molecule has 150 valence electrons. The van der Waals surface area contributed by atoms with E-state index in [1.54, 1.807) is 11.0 Å². The van der Waals surface area contributed by atoms with Gasteiger partial charge in [-0.1, -0.05) is 72.8 Å². The molecule has 30 heavy (non-hydrogen) atoms. The molecule has 3 aromatic carbocycles. The predicted octanol–water partition coefficient (Wildman–Crippen LogP) is 4.67. The number of benzene rings is 3. The van der Waals surface area contributed by atoms with Crippen LogP contribution in [0.25, 0.3) is 5.69 Å². The molecule has 0 spiro atoms. The second-order valence-electron chi connectivity index (χ2n) is 7.30. The fourth-order valence-corrected chi connectivity index (χ4v) is 3.63. The molecule has 0 saturated heterocycles. The van der Waals surface area contributed by atoms with Crippen molar-refractivity contribution in [1.29, 1.82) is 0 Å². The van der Waals surface area contributed by atoms with E-state index >= 15 is 0 Å². The minimum Gasteiger partial charge on any atom is -0.350 e. The molecule has 1 atom stereocenters. The minimum atomic E-state index is -0.0884. The Balaban J connectivity index is 1.45. The lowest BCUT2D eigenvalue weighted by molar-refractivity contribution is -0.121. The van der Waals surface area contributed by atoms with E-state index in [1.165, 1.54) is 6.33 Å². The summed E-state index contributed by atoms with van der Waals surface area (Å²) in [6, 6.07) is 28.3. The van der Waals surface area contributed by atoms with Crippen LogP contribution in [0, 0.1) is 0 Å². The molecule has 1 N–H and O–H groups in total. The predicted molar refractivity (Wildman–Crippen MR) is 117 cm³/mol. The third kappa shape index (κ3) is 4.63. The molecule has 0 unspecified atom stereocenters. The number of hydrogen-bond donors (Lipinski definition) is 1. The highest BCUT2D eigenvalue weighted by molar-refractivity contribution is 5.78. The van der Waals surface area contributed by atoms with Crippen LogP contribution < -0.4 is 5.32 Å². The van der Waals surface area contributed by atoms with Crippen LogP contribution in [0.3, 0.4) is 0 Å². The van der Waals surface area contributed by atoms with Crippen molar-refractivity contribution in [2.45, 2.75) is 25.3 Å². The first-order valence-electron chi connectivity index (χ1n) is 10.0. The Morgan fingerprint density at radius 2 is 1.47 bits per heavy atom. The van der Waals surface area contributed by atoms with E-state index in [2.05, 4.69) is 39.7 Å². The number of hydrogen-bond acceptors (Lipinski definition) is 3. The molecule has 0 aliphatic rings.